The average molecular weight is 355 g/mol. The van der Waals surface area contributed by atoms with Crippen LogP contribution in [0.4, 0.5) is 9.52 Å². The first-order valence-electron chi connectivity index (χ1n) is 7.85. The molecular formula is C19H18FN3OS. The maximum Gasteiger partial charge on any atom is 0.260 e. The summed E-state index contributed by atoms with van der Waals surface area (Å²) in [6, 6.07) is 13.9. The number of halogens is 1. The number of carbonyl (C=O) groups is 1. The number of aromatic nitrogens is 2. The van der Waals surface area contributed by atoms with Crippen molar-refractivity contribution in [2.75, 3.05) is 5.32 Å². The maximum absolute atomic E-state index is 13.7. The van der Waals surface area contributed by atoms with E-state index >= 15 is 0 Å². The van der Waals surface area contributed by atoms with E-state index < -0.39 is 11.7 Å². The van der Waals surface area contributed by atoms with Crippen molar-refractivity contribution in [3.63, 3.8) is 0 Å². The molecule has 0 unspecified atom stereocenters. The number of carbonyl (C=O) groups excluding carboxylic acids is 1. The monoisotopic (exact) mass is 355 g/mol. The van der Waals surface area contributed by atoms with Gasteiger partial charge in [-0.2, -0.15) is 0 Å². The third-order valence-corrected chi connectivity index (χ3v) is 4.65. The summed E-state index contributed by atoms with van der Waals surface area (Å²) >= 11 is 1.25. The molecule has 3 aromatic rings. The van der Waals surface area contributed by atoms with Crippen molar-refractivity contribution >= 4 is 22.4 Å². The molecule has 0 aliphatic heterocycles. The van der Waals surface area contributed by atoms with Gasteiger partial charge in [-0.15, -0.1) is 10.2 Å². The molecule has 0 saturated heterocycles. The Kier molecular flexibility index (Phi) is 4.63. The van der Waals surface area contributed by atoms with Crippen LogP contribution in [0.3, 0.4) is 0 Å². The van der Waals surface area contributed by atoms with Gasteiger partial charge in [-0.05, 0) is 23.1 Å². The Hall–Kier alpha value is -2.60. The Morgan fingerprint density at radius 3 is 2.36 bits per heavy atom. The van der Waals surface area contributed by atoms with Crippen LogP contribution in [0, 0.1) is 5.82 Å². The molecule has 0 aliphatic rings. The number of rotatable bonds is 3. The molecule has 3 rings (SSSR count). The minimum atomic E-state index is -0.567. The van der Waals surface area contributed by atoms with Crippen molar-refractivity contribution < 1.29 is 9.18 Å². The lowest BCUT2D eigenvalue weighted by atomic mass is 9.87. The maximum atomic E-state index is 13.7. The summed E-state index contributed by atoms with van der Waals surface area (Å²) in [6.07, 6.45) is 0. The Balaban J connectivity index is 1.76. The van der Waals surface area contributed by atoms with Crippen LogP contribution in [0.1, 0.15) is 36.7 Å². The van der Waals surface area contributed by atoms with E-state index in [1.165, 1.54) is 35.1 Å². The van der Waals surface area contributed by atoms with Gasteiger partial charge in [0, 0.05) is 5.56 Å². The average Bonchev–Trinajstić information content (AvgIpc) is 3.03. The number of nitrogens with zero attached hydrogens (tertiary/aromatic N) is 2. The van der Waals surface area contributed by atoms with Gasteiger partial charge in [0.25, 0.3) is 5.91 Å². The second-order valence-electron chi connectivity index (χ2n) is 6.67. The lowest BCUT2D eigenvalue weighted by Gasteiger charge is -2.18. The molecule has 1 aromatic heterocycles. The molecule has 1 N–H and O–H groups in total. The van der Waals surface area contributed by atoms with Crippen LogP contribution in [-0.2, 0) is 5.41 Å². The zero-order chi connectivity index (χ0) is 18.0. The van der Waals surface area contributed by atoms with E-state index in [4.69, 9.17) is 0 Å². The molecule has 6 heteroatoms. The SMILES string of the molecule is CC(C)(C)c1ccc(-c2nnc(NC(=O)c3ccccc3F)s2)cc1. The fourth-order valence-corrected chi connectivity index (χ4v) is 3.06. The molecule has 128 valence electrons. The van der Waals surface area contributed by atoms with Gasteiger partial charge < -0.3 is 0 Å². The summed E-state index contributed by atoms with van der Waals surface area (Å²) in [4.78, 5) is 12.1. The molecule has 4 nitrogen and oxygen atoms in total. The van der Waals surface area contributed by atoms with E-state index in [1.54, 1.807) is 6.07 Å². The molecule has 0 spiro atoms. The quantitative estimate of drug-likeness (QED) is 0.727. The van der Waals surface area contributed by atoms with Crippen LogP contribution in [0.2, 0.25) is 0 Å². The van der Waals surface area contributed by atoms with Crippen molar-refractivity contribution in [3.8, 4) is 10.6 Å². The summed E-state index contributed by atoms with van der Waals surface area (Å²) in [6.45, 7) is 6.47. The van der Waals surface area contributed by atoms with E-state index in [-0.39, 0.29) is 11.0 Å². The predicted molar refractivity (Wildman–Crippen MR) is 98.4 cm³/mol. The van der Waals surface area contributed by atoms with E-state index in [2.05, 4.69) is 48.4 Å². The van der Waals surface area contributed by atoms with Crippen molar-refractivity contribution in [2.24, 2.45) is 0 Å². The fraction of sp³-hybridized carbons (Fsp3) is 0.211. The summed E-state index contributed by atoms with van der Waals surface area (Å²) in [5.74, 6) is -1.11. The van der Waals surface area contributed by atoms with Crippen molar-refractivity contribution in [1.29, 1.82) is 0 Å². The van der Waals surface area contributed by atoms with E-state index in [0.29, 0.717) is 10.1 Å². The van der Waals surface area contributed by atoms with Crippen LogP contribution in [0.15, 0.2) is 48.5 Å². The molecule has 0 bridgehead atoms. The highest BCUT2D eigenvalue weighted by Crippen LogP contribution is 2.29. The van der Waals surface area contributed by atoms with Crippen molar-refractivity contribution in [2.45, 2.75) is 26.2 Å². The third-order valence-electron chi connectivity index (χ3n) is 3.76. The summed E-state index contributed by atoms with van der Waals surface area (Å²) in [5, 5.41) is 11.7. The predicted octanol–water partition coefficient (Wildman–Crippen LogP) is 4.89. The standard InChI is InChI=1S/C19H18FN3OS/c1-19(2,3)13-10-8-12(9-11-13)17-22-23-18(25-17)21-16(24)14-6-4-5-7-15(14)20/h4-11H,1-3H3,(H,21,23,24). The van der Waals surface area contributed by atoms with Gasteiger partial charge in [0.15, 0.2) is 0 Å². The van der Waals surface area contributed by atoms with Gasteiger partial charge in [-0.25, -0.2) is 4.39 Å². The second kappa shape index (κ2) is 6.72. The van der Waals surface area contributed by atoms with E-state index in [9.17, 15) is 9.18 Å². The van der Waals surface area contributed by atoms with Gasteiger partial charge in [-0.1, -0.05) is 68.5 Å². The fourth-order valence-electron chi connectivity index (χ4n) is 2.31. The first kappa shape index (κ1) is 17.2. The van der Waals surface area contributed by atoms with Gasteiger partial charge in [0.1, 0.15) is 10.8 Å². The summed E-state index contributed by atoms with van der Waals surface area (Å²) in [7, 11) is 0. The Morgan fingerprint density at radius 2 is 1.72 bits per heavy atom. The zero-order valence-corrected chi connectivity index (χ0v) is 15.0. The molecule has 0 atom stereocenters. The van der Waals surface area contributed by atoms with E-state index in [0.717, 1.165) is 5.56 Å². The lowest BCUT2D eigenvalue weighted by molar-refractivity contribution is 0.102. The van der Waals surface area contributed by atoms with Crippen molar-refractivity contribution in [3.05, 3.63) is 65.5 Å². The topological polar surface area (TPSA) is 54.9 Å². The van der Waals surface area contributed by atoms with Crippen LogP contribution < -0.4 is 5.32 Å². The number of nitrogens with one attached hydrogen (secondary N) is 1. The highest BCUT2D eigenvalue weighted by molar-refractivity contribution is 7.18. The Labute approximate surface area is 149 Å². The molecule has 0 fully saturated rings. The van der Waals surface area contributed by atoms with Gasteiger partial charge >= 0.3 is 0 Å². The Bertz CT molecular complexity index is 898. The van der Waals surface area contributed by atoms with E-state index in [1.807, 2.05) is 12.1 Å². The normalized spacial score (nSPS) is 11.4. The van der Waals surface area contributed by atoms with Gasteiger partial charge in [0.05, 0.1) is 5.56 Å². The molecule has 1 heterocycles. The molecule has 0 aliphatic carbocycles. The number of amides is 1. The first-order chi connectivity index (χ1) is 11.8. The number of hydrogen-bond acceptors (Lipinski definition) is 4. The Morgan fingerprint density at radius 1 is 1.04 bits per heavy atom. The molecule has 2 aromatic carbocycles. The summed E-state index contributed by atoms with van der Waals surface area (Å²) in [5.41, 5.74) is 2.22. The van der Waals surface area contributed by atoms with Gasteiger partial charge in [-0.3, -0.25) is 10.1 Å². The zero-order valence-electron chi connectivity index (χ0n) is 14.2. The molecule has 0 saturated carbocycles. The molecule has 25 heavy (non-hydrogen) atoms. The minimum absolute atomic E-state index is 0.0196. The summed E-state index contributed by atoms with van der Waals surface area (Å²) < 4.78 is 13.7. The smallest absolute Gasteiger partial charge is 0.260 e. The minimum Gasteiger partial charge on any atom is -0.296 e. The number of anilines is 1. The number of benzene rings is 2. The van der Waals surface area contributed by atoms with Crippen LogP contribution in [0.5, 0.6) is 0 Å². The van der Waals surface area contributed by atoms with Crippen LogP contribution in [-0.4, -0.2) is 16.1 Å². The largest absolute Gasteiger partial charge is 0.296 e. The van der Waals surface area contributed by atoms with Gasteiger partial charge in [0.2, 0.25) is 5.13 Å². The van der Waals surface area contributed by atoms with Crippen molar-refractivity contribution in [1.82, 2.24) is 10.2 Å². The highest BCUT2D eigenvalue weighted by atomic mass is 32.1. The lowest BCUT2D eigenvalue weighted by Crippen LogP contribution is -2.13. The van der Waals surface area contributed by atoms with Crippen LogP contribution >= 0.6 is 11.3 Å². The third kappa shape index (κ3) is 3.91. The molecule has 1 amide bonds. The number of hydrogen-bond donors (Lipinski definition) is 1. The van der Waals surface area contributed by atoms with Crippen LogP contribution in [0.25, 0.3) is 10.6 Å². The highest BCUT2D eigenvalue weighted by Gasteiger charge is 2.16. The molecule has 0 radical (unpaired) electrons. The first-order valence-corrected chi connectivity index (χ1v) is 8.66. The second-order valence-corrected chi connectivity index (χ2v) is 7.65. The molecular weight excluding hydrogens is 337 g/mol.